The van der Waals surface area contributed by atoms with Crippen LogP contribution in [0.2, 0.25) is 0 Å². The Bertz CT molecular complexity index is 2130. The third-order valence-electron chi connectivity index (χ3n) is 12.3. The Morgan fingerprint density at radius 2 is 1.61 bits per heavy atom. The van der Waals surface area contributed by atoms with E-state index in [0.29, 0.717) is 18.9 Å². The Morgan fingerprint density at radius 1 is 0.875 bits per heavy atom. The van der Waals surface area contributed by atoms with Crippen molar-refractivity contribution in [2.45, 2.75) is 110 Å². The zero-order valence-electron chi connectivity index (χ0n) is 33.5. The minimum absolute atomic E-state index is 0.0148. The number of aromatic nitrogens is 4. The number of imidazole rings is 2. The molecule has 12 nitrogen and oxygen atoms in total. The van der Waals surface area contributed by atoms with Crippen molar-refractivity contribution in [2.75, 3.05) is 27.3 Å². The molecule has 0 spiro atoms. The van der Waals surface area contributed by atoms with Crippen molar-refractivity contribution in [3.63, 3.8) is 0 Å². The van der Waals surface area contributed by atoms with Gasteiger partial charge in [-0.1, -0.05) is 58.0 Å². The molecular weight excluding hydrogens is 707 g/mol. The summed E-state index contributed by atoms with van der Waals surface area (Å²) >= 11 is 0. The molecule has 2 aliphatic carbocycles. The summed E-state index contributed by atoms with van der Waals surface area (Å²) in [4.78, 5) is 60.0. The number of amides is 3. The first-order valence-electron chi connectivity index (χ1n) is 20.5. The zero-order valence-corrected chi connectivity index (χ0v) is 33.5. The number of aromatic amines is 2. The van der Waals surface area contributed by atoms with Crippen molar-refractivity contribution in [1.82, 2.24) is 35.1 Å². The average Bonchev–Trinajstić information content (AvgIpc) is 4.04. The van der Waals surface area contributed by atoms with E-state index in [0.717, 1.165) is 97.8 Å². The van der Waals surface area contributed by atoms with Crippen LogP contribution in [0.5, 0.6) is 0 Å². The number of likely N-dealkylation sites (tertiary alicyclic amines) is 2. The number of carbonyl (C=O) groups excluding carboxylic acids is 3. The second kappa shape index (κ2) is 15.5. The van der Waals surface area contributed by atoms with Crippen LogP contribution in [0, 0.1) is 11.8 Å². The van der Waals surface area contributed by atoms with E-state index in [4.69, 9.17) is 19.4 Å². The fourth-order valence-corrected chi connectivity index (χ4v) is 9.56. The third kappa shape index (κ3) is 6.90. The molecule has 56 heavy (non-hydrogen) atoms. The van der Waals surface area contributed by atoms with Gasteiger partial charge in [0.25, 0.3) is 0 Å². The van der Waals surface area contributed by atoms with E-state index in [1.807, 2.05) is 29.8 Å². The number of alkyl carbamates (subject to hydrolysis) is 1. The van der Waals surface area contributed by atoms with Gasteiger partial charge in [0, 0.05) is 43.4 Å². The molecule has 12 heteroatoms. The fraction of sp³-hybridized carbons (Fsp3) is 0.523. The lowest BCUT2D eigenvalue weighted by Crippen LogP contribution is -2.51. The van der Waals surface area contributed by atoms with Crippen molar-refractivity contribution in [2.24, 2.45) is 11.8 Å². The van der Waals surface area contributed by atoms with Gasteiger partial charge in [0.2, 0.25) is 11.8 Å². The predicted octanol–water partition coefficient (Wildman–Crippen LogP) is 7.62. The van der Waals surface area contributed by atoms with Gasteiger partial charge in [-0.25, -0.2) is 14.8 Å². The van der Waals surface area contributed by atoms with Crippen LogP contribution in [0.3, 0.4) is 0 Å². The summed E-state index contributed by atoms with van der Waals surface area (Å²) in [5.74, 6) is 1.99. The second-order valence-corrected chi connectivity index (χ2v) is 16.7. The molecular formula is C44H55N7O5. The number of fused-ring (bicyclic) bond motifs is 4. The highest BCUT2D eigenvalue weighted by Gasteiger charge is 2.39. The minimum atomic E-state index is -0.673. The molecule has 4 atom stereocenters. The van der Waals surface area contributed by atoms with E-state index in [9.17, 15) is 14.4 Å². The third-order valence-corrected chi connectivity index (χ3v) is 12.3. The van der Waals surface area contributed by atoms with Crippen molar-refractivity contribution in [3.05, 3.63) is 70.6 Å². The molecule has 2 fully saturated rings. The number of methoxy groups -OCH3 is 2. The maximum absolute atomic E-state index is 13.8. The molecule has 4 aromatic rings. The highest BCUT2D eigenvalue weighted by Crippen LogP contribution is 2.46. The van der Waals surface area contributed by atoms with Gasteiger partial charge in [-0.05, 0) is 91.0 Å². The molecule has 8 rings (SSSR count). The highest BCUT2D eigenvalue weighted by molar-refractivity contribution is 5.86. The number of benzene rings is 2. The second-order valence-electron chi connectivity index (χ2n) is 16.7. The van der Waals surface area contributed by atoms with Gasteiger partial charge >= 0.3 is 6.09 Å². The van der Waals surface area contributed by atoms with Gasteiger partial charge in [-0.2, -0.15) is 0 Å². The molecule has 0 bridgehead atoms. The number of carbonyl (C=O) groups is 3. The summed E-state index contributed by atoms with van der Waals surface area (Å²) in [5.41, 5.74) is 11.5. The largest absolute Gasteiger partial charge is 0.453 e. The molecule has 0 radical (unpaired) electrons. The first-order valence-corrected chi connectivity index (χ1v) is 20.5. The first kappa shape index (κ1) is 37.9. The number of ether oxygens (including phenoxy) is 2. The van der Waals surface area contributed by atoms with Crippen LogP contribution in [-0.4, -0.2) is 81.0 Å². The Morgan fingerprint density at radius 3 is 2.34 bits per heavy atom. The summed E-state index contributed by atoms with van der Waals surface area (Å²) in [6.07, 6.45) is 9.02. The molecule has 2 aliphatic heterocycles. The normalized spacial score (nSPS) is 20.7. The van der Waals surface area contributed by atoms with Crippen LogP contribution >= 0.6 is 0 Å². The van der Waals surface area contributed by atoms with Crippen LogP contribution in [0.1, 0.15) is 118 Å². The molecule has 1 unspecified atom stereocenters. The van der Waals surface area contributed by atoms with E-state index in [1.165, 1.54) is 34.9 Å². The number of aryl methyl sites for hydroxylation is 2. The SMILES string of the molecule is COC(=O)N[C@H](C(=O)N1CCC[C@H]1c1nc2c([nH]1)CCc1cc(-c3ccc(-c4cnc([C@@H]5CCCN5C(=O)CC(C)C)[nH]4)c4c3CCC4OC)ccc1-2)C(C)C. The van der Waals surface area contributed by atoms with Gasteiger partial charge in [0.15, 0.2) is 0 Å². The lowest BCUT2D eigenvalue weighted by atomic mass is 9.87. The molecule has 0 saturated carbocycles. The number of hydrogen-bond donors (Lipinski definition) is 3. The van der Waals surface area contributed by atoms with Crippen molar-refractivity contribution in [1.29, 1.82) is 0 Å². The van der Waals surface area contributed by atoms with Crippen molar-refractivity contribution in [3.8, 4) is 33.6 Å². The molecule has 3 amide bonds. The van der Waals surface area contributed by atoms with E-state index < -0.39 is 12.1 Å². The van der Waals surface area contributed by atoms with E-state index in [-0.39, 0.29) is 35.9 Å². The molecule has 4 aliphatic rings. The van der Waals surface area contributed by atoms with Crippen molar-refractivity contribution >= 4 is 17.9 Å². The Labute approximate surface area is 329 Å². The summed E-state index contributed by atoms with van der Waals surface area (Å²) in [5, 5.41) is 2.74. The summed E-state index contributed by atoms with van der Waals surface area (Å²) in [6, 6.07) is 10.3. The highest BCUT2D eigenvalue weighted by atomic mass is 16.5. The van der Waals surface area contributed by atoms with Crippen LogP contribution in [0.15, 0.2) is 36.5 Å². The van der Waals surface area contributed by atoms with Gasteiger partial charge < -0.3 is 34.6 Å². The monoisotopic (exact) mass is 761 g/mol. The summed E-state index contributed by atoms with van der Waals surface area (Å²) < 4.78 is 10.9. The smallest absolute Gasteiger partial charge is 0.407 e. The Kier molecular flexibility index (Phi) is 10.5. The predicted molar refractivity (Wildman–Crippen MR) is 214 cm³/mol. The van der Waals surface area contributed by atoms with E-state index in [2.05, 4.69) is 59.5 Å². The van der Waals surface area contributed by atoms with Gasteiger partial charge in [0.1, 0.15) is 17.7 Å². The van der Waals surface area contributed by atoms with Crippen molar-refractivity contribution < 1.29 is 23.9 Å². The molecule has 2 aromatic heterocycles. The topological polar surface area (TPSA) is 146 Å². The first-order chi connectivity index (χ1) is 27.1. The molecule has 4 heterocycles. The zero-order chi connectivity index (χ0) is 39.2. The van der Waals surface area contributed by atoms with Gasteiger partial charge in [-0.15, -0.1) is 0 Å². The average molecular weight is 762 g/mol. The molecule has 2 aromatic carbocycles. The molecule has 3 N–H and O–H groups in total. The number of nitrogens with one attached hydrogen (secondary N) is 3. The number of rotatable bonds is 10. The van der Waals surface area contributed by atoms with E-state index >= 15 is 0 Å². The fourth-order valence-electron chi connectivity index (χ4n) is 9.56. The lowest BCUT2D eigenvalue weighted by molar-refractivity contribution is -0.135. The molecule has 296 valence electrons. The van der Waals surface area contributed by atoms with Crippen LogP contribution in [0.25, 0.3) is 33.6 Å². The number of H-pyrrole nitrogens is 2. The maximum Gasteiger partial charge on any atom is 0.407 e. The quantitative estimate of drug-likeness (QED) is 0.151. The van der Waals surface area contributed by atoms with Gasteiger partial charge in [0.05, 0.1) is 42.9 Å². The minimum Gasteiger partial charge on any atom is -0.453 e. The Hall–Kier alpha value is -4.97. The van der Waals surface area contributed by atoms with Crippen LogP contribution in [0.4, 0.5) is 4.79 Å². The van der Waals surface area contributed by atoms with E-state index in [1.54, 1.807) is 7.11 Å². The summed E-state index contributed by atoms with van der Waals surface area (Å²) in [7, 11) is 3.10. The maximum atomic E-state index is 13.8. The Balaban J connectivity index is 1.06. The van der Waals surface area contributed by atoms with Crippen LogP contribution < -0.4 is 5.32 Å². The lowest BCUT2D eigenvalue weighted by Gasteiger charge is -2.30. The van der Waals surface area contributed by atoms with Gasteiger partial charge in [-0.3, -0.25) is 9.59 Å². The molecule has 2 saturated heterocycles. The number of nitrogens with zero attached hydrogens (tertiary/aromatic N) is 4. The van der Waals surface area contributed by atoms with Crippen LogP contribution in [-0.2, 0) is 38.3 Å². The standard InChI is InChI=1S/C44H55N7O5/c1-24(2)21-37(52)50-19-7-9-34(50)41-45-23-33(47-41)31-15-14-28(30-16-18-36(55-5)38(30)31)26-11-13-29-27(22-26)12-17-32-40(29)48-42(46-32)35-10-8-20-51(35)43(53)39(25(3)4)49-44(54)56-6/h11,13-15,22-25,34-36,39H,7-10,12,16-21H2,1-6H3,(H,45,47)(H,46,48)(H,49,54)/t34-,35-,36?,39-/m0/s1. The number of hydrogen-bond acceptors (Lipinski definition) is 7. The summed E-state index contributed by atoms with van der Waals surface area (Å²) in [6.45, 7) is 9.44.